The zero-order valence-corrected chi connectivity index (χ0v) is 10.0. The van der Waals surface area contributed by atoms with Crippen LogP contribution < -0.4 is 15.8 Å². The van der Waals surface area contributed by atoms with E-state index in [1.165, 1.54) is 0 Å². The molecule has 0 radical (unpaired) electrons. The van der Waals surface area contributed by atoms with Gasteiger partial charge < -0.3 is 15.8 Å². The lowest BCUT2D eigenvalue weighted by Crippen LogP contribution is -2.23. The number of nitrogens with two attached hydrogens (primary N) is 1. The molecule has 1 amide bonds. The van der Waals surface area contributed by atoms with E-state index in [0.29, 0.717) is 30.8 Å². The van der Waals surface area contributed by atoms with Crippen molar-refractivity contribution in [2.24, 2.45) is 0 Å². The number of benzene rings is 1. The van der Waals surface area contributed by atoms with Crippen LogP contribution in [0.3, 0.4) is 0 Å². The third-order valence-electron chi connectivity index (χ3n) is 2.38. The van der Waals surface area contributed by atoms with E-state index in [9.17, 15) is 4.79 Å². The monoisotopic (exact) mass is 234 g/mol. The molecule has 0 spiro atoms. The molecule has 0 bridgehead atoms. The smallest absolute Gasteiger partial charge is 0.220 e. The second-order valence-electron chi connectivity index (χ2n) is 3.67. The maximum Gasteiger partial charge on any atom is 0.220 e. The normalized spacial score (nSPS) is 9.71. The molecule has 0 atom stereocenters. The van der Waals surface area contributed by atoms with E-state index < -0.39 is 0 Å². The van der Waals surface area contributed by atoms with Crippen molar-refractivity contribution in [3.63, 3.8) is 0 Å². The van der Waals surface area contributed by atoms with Gasteiger partial charge in [0.25, 0.3) is 0 Å². The van der Waals surface area contributed by atoms with E-state index in [1.807, 2.05) is 18.2 Å². The lowest BCUT2D eigenvalue weighted by atomic mass is 10.1. The topological polar surface area (TPSA) is 64.3 Å². The van der Waals surface area contributed by atoms with Crippen molar-refractivity contribution >= 4 is 11.6 Å². The van der Waals surface area contributed by atoms with E-state index in [1.54, 1.807) is 13.2 Å². The van der Waals surface area contributed by atoms with Gasteiger partial charge in [0.1, 0.15) is 5.75 Å². The van der Waals surface area contributed by atoms with Crippen molar-refractivity contribution in [3.8, 4) is 5.75 Å². The number of nitrogens with one attached hydrogen (secondary N) is 1. The average Bonchev–Trinajstić information content (AvgIpc) is 2.34. The number of hydrogen-bond acceptors (Lipinski definition) is 3. The first-order valence-corrected chi connectivity index (χ1v) is 5.47. The maximum absolute atomic E-state index is 11.4. The van der Waals surface area contributed by atoms with Gasteiger partial charge in [0.05, 0.1) is 12.8 Å². The standard InChI is InChI=1S/C13H18N2O2/c1-3-8-15-13(16)7-5-10-4-6-12(17-2)11(14)9-10/h3-4,6,9H,1,5,7-8,14H2,2H3,(H,15,16). The number of nitrogen functional groups attached to an aromatic ring is 1. The summed E-state index contributed by atoms with van der Waals surface area (Å²) in [5, 5.41) is 2.73. The molecule has 0 saturated carbocycles. The highest BCUT2D eigenvalue weighted by Gasteiger charge is 2.03. The molecule has 92 valence electrons. The van der Waals surface area contributed by atoms with Gasteiger partial charge >= 0.3 is 0 Å². The van der Waals surface area contributed by atoms with Gasteiger partial charge in [-0.15, -0.1) is 6.58 Å². The SMILES string of the molecule is C=CCNC(=O)CCc1ccc(OC)c(N)c1. The van der Waals surface area contributed by atoms with Crippen molar-refractivity contribution in [3.05, 3.63) is 36.4 Å². The molecule has 0 heterocycles. The molecule has 0 aliphatic heterocycles. The summed E-state index contributed by atoms with van der Waals surface area (Å²) in [5.41, 5.74) is 7.40. The Morgan fingerprint density at radius 2 is 2.35 bits per heavy atom. The third-order valence-corrected chi connectivity index (χ3v) is 2.38. The lowest BCUT2D eigenvalue weighted by molar-refractivity contribution is -0.120. The van der Waals surface area contributed by atoms with Gasteiger partial charge in [-0.2, -0.15) is 0 Å². The first-order chi connectivity index (χ1) is 8.17. The number of rotatable bonds is 6. The Hall–Kier alpha value is -1.97. The number of carbonyl (C=O) groups is 1. The largest absolute Gasteiger partial charge is 0.495 e. The van der Waals surface area contributed by atoms with Crippen molar-refractivity contribution < 1.29 is 9.53 Å². The second-order valence-corrected chi connectivity index (χ2v) is 3.67. The molecule has 4 nitrogen and oxygen atoms in total. The maximum atomic E-state index is 11.4. The van der Waals surface area contributed by atoms with E-state index in [4.69, 9.17) is 10.5 Å². The minimum Gasteiger partial charge on any atom is -0.495 e. The minimum atomic E-state index is 0.0132. The van der Waals surface area contributed by atoms with Crippen LogP contribution >= 0.6 is 0 Å². The number of carbonyl (C=O) groups excluding carboxylic acids is 1. The predicted molar refractivity (Wildman–Crippen MR) is 68.9 cm³/mol. The first kappa shape index (κ1) is 13.1. The van der Waals surface area contributed by atoms with Crippen LogP contribution in [0.1, 0.15) is 12.0 Å². The molecule has 0 aliphatic carbocycles. The van der Waals surface area contributed by atoms with Gasteiger partial charge in [-0.25, -0.2) is 0 Å². The summed E-state index contributed by atoms with van der Waals surface area (Å²) in [6.07, 6.45) is 2.76. The number of aryl methyl sites for hydroxylation is 1. The highest BCUT2D eigenvalue weighted by molar-refractivity contribution is 5.76. The number of anilines is 1. The summed E-state index contributed by atoms with van der Waals surface area (Å²) in [6.45, 7) is 4.04. The molecule has 0 saturated heterocycles. The third kappa shape index (κ3) is 4.18. The first-order valence-electron chi connectivity index (χ1n) is 5.47. The molecule has 0 unspecified atom stereocenters. The van der Waals surface area contributed by atoms with Crippen LogP contribution in [0.2, 0.25) is 0 Å². The van der Waals surface area contributed by atoms with E-state index in [-0.39, 0.29) is 5.91 Å². The zero-order valence-electron chi connectivity index (χ0n) is 10.0. The quantitative estimate of drug-likeness (QED) is 0.579. The summed E-state index contributed by atoms with van der Waals surface area (Å²) >= 11 is 0. The van der Waals surface area contributed by atoms with Gasteiger partial charge in [0.2, 0.25) is 5.91 Å². The predicted octanol–water partition coefficient (Wildman–Crippen LogP) is 1.51. The summed E-state index contributed by atoms with van der Waals surface area (Å²) in [7, 11) is 1.58. The Kier molecular flexibility index (Phi) is 5.07. The van der Waals surface area contributed by atoms with Gasteiger partial charge in [0, 0.05) is 13.0 Å². The van der Waals surface area contributed by atoms with Crippen molar-refractivity contribution in [1.82, 2.24) is 5.32 Å². The van der Waals surface area contributed by atoms with Gasteiger partial charge in [0.15, 0.2) is 0 Å². The number of hydrogen-bond donors (Lipinski definition) is 2. The number of amides is 1. The van der Waals surface area contributed by atoms with E-state index in [2.05, 4.69) is 11.9 Å². The molecule has 0 aromatic heterocycles. The summed E-state index contributed by atoms with van der Waals surface area (Å²) in [5.74, 6) is 0.671. The van der Waals surface area contributed by atoms with Crippen LogP contribution in [0.4, 0.5) is 5.69 Å². The van der Waals surface area contributed by atoms with Gasteiger partial charge in [-0.05, 0) is 24.1 Å². The molecule has 1 aromatic carbocycles. The van der Waals surface area contributed by atoms with Crippen LogP contribution in [0.5, 0.6) is 5.75 Å². The molecule has 3 N–H and O–H groups in total. The fourth-order valence-corrected chi connectivity index (χ4v) is 1.47. The highest BCUT2D eigenvalue weighted by Crippen LogP contribution is 2.22. The summed E-state index contributed by atoms with van der Waals surface area (Å²) in [6, 6.07) is 5.56. The fourth-order valence-electron chi connectivity index (χ4n) is 1.47. The van der Waals surface area contributed by atoms with Crippen molar-refractivity contribution in [2.75, 3.05) is 19.4 Å². The van der Waals surface area contributed by atoms with Crippen LogP contribution in [0.15, 0.2) is 30.9 Å². The average molecular weight is 234 g/mol. The molecule has 1 aromatic rings. The van der Waals surface area contributed by atoms with E-state index in [0.717, 1.165) is 5.56 Å². The Bertz CT molecular complexity index is 402. The fraction of sp³-hybridized carbons (Fsp3) is 0.308. The number of methoxy groups -OCH3 is 1. The highest BCUT2D eigenvalue weighted by atomic mass is 16.5. The van der Waals surface area contributed by atoms with E-state index >= 15 is 0 Å². The Morgan fingerprint density at radius 1 is 1.59 bits per heavy atom. The lowest BCUT2D eigenvalue weighted by Gasteiger charge is -2.07. The zero-order chi connectivity index (χ0) is 12.7. The molecule has 0 aliphatic rings. The molecule has 4 heteroatoms. The summed E-state index contributed by atoms with van der Waals surface area (Å²) in [4.78, 5) is 11.4. The Labute approximate surface area is 101 Å². The van der Waals surface area contributed by atoms with Crippen molar-refractivity contribution in [1.29, 1.82) is 0 Å². The van der Waals surface area contributed by atoms with Crippen LogP contribution in [0, 0.1) is 0 Å². The van der Waals surface area contributed by atoms with Crippen LogP contribution in [-0.2, 0) is 11.2 Å². The molecule has 1 rings (SSSR count). The number of ether oxygens (including phenoxy) is 1. The van der Waals surface area contributed by atoms with Gasteiger partial charge in [-0.3, -0.25) is 4.79 Å². The minimum absolute atomic E-state index is 0.0132. The molecular weight excluding hydrogens is 216 g/mol. The molecular formula is C13H18N2O2. The van der Waals surface area contributed by atoms with Gasteiger partial charge in [-0.1, -0.05) is 12.1 Å². The Morgan fingerprint density at radius 3 is 2.94 bits per heavy atom. The van der Waals surface area contributed by atoms with Crippen LogP contribution in [0.25, 0.3) is 0 Å². The van der Waals surface area contributed by atoms with Crippen LogP contribution in [-0.4, -0.2) is 19.6 Å². The summed E-state index contributed by atoms with van der Waals surface area (Å²) < 4.78 is 5.06. The Balaban J connectivity index is 2.49. The van der Waals surface area contributed by atoms with Crippen molar-refractivity contribution in [2.45, 2.75) is 12.8 Å². The second kappa shape index (κ2) is 6.58. The molecule has 17 heavy (non-hydrogen) atoms. The molecule has 0 fully saturated rings.